The van der Waals surface area contributed by atoms with Gasteiger partial charge in [0, 0.05) is 11.6 Å². The molecule has 1 heterocycles. The lowest BCUT2D eigenvalue weighted by molar-refractivity contribution is -0.137. The summed E-state index contributed by atoms with van der Waals surface area (Å²) in [5.41, 5.74) is 0.514. The molecule has 0 atom stereocenters. The molecule has 0 fully saturated rings. The van der Waals surface area contributed by atoms with E-state index in [4.69, 9.17) is 5.11 Å². The molecule has 0 aromatic carbocycles. The van der Waals surface area contributed by atoms with E-state index in [-0.39, 0.29) is 4.88 Å². The lowest BCUT2D eigenvalue weighted by atomic mass is 10.2. The number of thiophene rings is 1. The minimum Gasteiger partial charge on any atom is -0.477 e. The number of hydrogen-bond acceptors (Lipinski definition) is 4. The molecule has 80 valence electrons. The summed E-state index contributed by atoms with van der Waals surface area (Å²) < 4.78 is 4.67. The average Bonchev–Trinajstić information content (AvgIpc) is 2.63. The molecule has 1 rings (SSSR count). The summed E-state index contributed by atoms with van der Waals surface area (Å²) in [5.74, 6) is -1.46. The number of ether oxygens (including phenoxy) is 1. The molecule has 0 spiro atoms. The Morgan fingerprint density at radius 3 is 2.93 bits per heavy atom. The molecule has 15 heavy (non-hydrogen) atoms. The molecule has 4 nitrogen and oxygen atoms in total. The summed E-state index contributed by atoms with van der Waals surface area (Å²) in [6.07, 6.45) is 2.66. The SMILES string of the molecule is CCOC(=O)C=Cc1ccsc1C(=O)O. The van der Waals surface area contributed by atoms with Crippen LogP contribution in [0.4, 0.5) is 0 Å². The van der Waals surface area contributed by atoms with Crippen molar-refractivity contribution in [3.63, 3.8) is 0 Å². The van der Waals surface area contributed by atoms with Gasteiger partial charge in [-0.2, -0.15) is 0 Å². The fourth-order valence-corrected chi connectivity index (χ4v) is 1.70. The van der Waals surface area contributed by atoms with E-state index in [0.29, 0.717) is 12.2 Å². The number of esters is 1. The average molecular weight is 226 g/mol. The van der Waals surface area contributed by atoms with Crippen LogP contribution in [0.1, 0.15) is 22.2 Å². The summed E-state index contributed by atoms with van der Waals surface area (Å²) in [6, 6.07) is 1.64. The van der Waals surface area contributed by atoms with Crippen molar-refractivity contribution < 1.29 is 19.4 Å². The third-order valence-corrected chi connectivity index (χ3v) is 2.49. The first kappa shape index (κ1) is 11.5. The van der Waals surface area contributed by atoms with E-state index in [1.54, 1.807) is 18.4 Å². The van der Waals surface area contributed by atoms with Crippen LogP contribution in [0, 0.1) is 0 Å². The zero-order valence-electron chi connectivity index (χ0n) is 8.10. The highest BCUT2D eigenvalue weighted by atomic mass is 32.1. The third-order valence-electron chi connectivity index (χ3n) is 1.58. The van der Waals surface area contributed by atoms with Crippen molar-refractivity contribution in [3.8, 4) is 0 Å². The molecule has 0 saturated carbocycles. The van der Waals surface area contributed by atoms with Crippen molar-refractivity contribution in [3.05, 3.63) is 28.0 Å². The predicted molar refractivity (Wildman–Crippen MR) is 56.9 cm³/mol. The zero-order valence-corrected chi connectivity index (χ0v) is 8.91. The molecule has 0 amide bonds. The van der Waals surface area contributed by atoms with Gasteiger partial charge >= 0.3 is 11.9 Å². The van der Waals surface area contributed by atoms with Crippen molar-refractivity contribution in [2.45, 2.75) is 6.92 Å². The first-order chi connectivity index (χ1) is 7.15. The fourth-order valence-electron chi connectivity index (χ4n) is 0.972. The summed E-state index contributed by atoms with van der Waals surface area (Å²) in [6.45, 7) is 2.01. The van der Waals surface area contributed by atoms with Crippen LogP contribution in [0.15, 0.2) is 17.5 Å². The van der Waals surface area contributed by atoms with Crippen molar-refractivity contribution in [2.75, 3.05) is 6.61 Å². The van der Waals surface area contributed by atoms with E-state index in [9.17, 15) is 9.59 Å². The van der Waals surface area contributed by atoms with Crippen molar-refractivity contribution >= 4 is 29.4 Å². The molecular formula is C10H10O4S. The Morgan fingerprint density at radius 2 is 2.33 bits per heavy atom. The second-order valence-corrected chi connectivity index (χ2v) is 3.51. The van der Waals surface area contributed by atoms with E-state index in [0.717, 1.165) is 11.3 Å². The maximum atomic E-state index is 11.0. The first-order valence-electron chi connectivity index (χ1n) is 4.30. The molecule has 0 aliphatic rings. The monoisotopic (exact) mass is 226 g/mol. The number of carboxylic acids is 1. The highest BCUT2D eigenvalue weighted by Crippen LogP contribution is 2.18. The van der Waals surface area contributed by atoms with Gasteiger partial charge in [0.1, 0.15) is 4.88 Å². The number of aromatic carboxylic acids is 1. The minimum atomic E-state index is -0.992. The molecule has 0 unspecified atom stereocenters. The Morgan fingerprint density at radius 1 is 1.60 bits per heavy atom. The van der Waals surface area contributed by atoms with Gasteiger partial charge in [0.2, 0.25) is 0 Å². The number of carboxylic acid groups (broad SMARTS) is 1. The normalized spacial score (nSPS) is 10.5. The van der Waals surface area contributed by atoms with Crippen molar-refractivity contribution in [1.82, 2.24) is 0 Å². The molecule has 0 radical (unpaired) electrons. The highest BCUT2D eigenvalue weighted by molar-refractivity contribution is 7.12. The molecule has 1 aromatic heterocycles. The Hall–Kier alpha value is -1.62. The summed E-state index contributed by atoms with van der Waals surface area (Å²) in [4.78, 5) is 21.9. The highest BCUT2D eigenvalue weighted by Gasteiger charge is 2.09. The van der Waals surface area contributed by atoms with Crippen LogP contribution in [-0.4, -0.2) is 23.7 Å². The lowest BCUT2D eigenvalue weighted by Crippen LogP contribution is -1.99. The molecule has 1 N–H and O–H groups in total. The fraction of sp³-hybridized carbons (Fsp3) is 0.200. The van der Waals surface area contributed by atoms with Crippen LogP contribution in [-0.2, 0) is 9.53 Å². The number of hydrogen-bond donors (Lipinski definition) is 1. The van der Waals surface area contributed by atoms with Crippen molar-refractivity contribution in [2.24, 2.45) is 0 Å². The second-order valence-electron chi connectivity index (χ2n) is 2.60. The van der Waals surface area contributed by atoms with Gasteiger partial charge in [-0.3, -0.25) is 0 Å². The standard InChI is InChI=1S/C10H10O4S/c1-2-14-8(11)4-3-7-5-6-15-9(7)10(12)13/h3-6H,2H2,1H3,(H,12,13). The second kappa shape index (κ2) is 5.31. The summed E-state index contributed by atoms with van der Waals surface area (Å²) in [5, 5.41) is 10.4. The zero-order chi connectivity index (χ0) is 11.3. The molecule has 0 aliphatic carbocycles. The van der Waals surface area contributed by atoms with E-state index in [1.165, 1.54) is 12.2 Å². The number of carbonyl (C=O) groups excluding carboxylic acids is 1. The van der Waals surface area contributed by atoms with Gasteiger partial charge in [-0.05, 0) is 24.4 Å². The van der Waals surface area contributed by atoms with Gasteiger partial charge in [0.15, 0.2) is 0 Å². The van der Waals surface area contributed by atoms with E-state index < -0.39 is 11.9 Å². The first-order valence-corrected chi connectivity index (χ1v) is 5.18. The largest absolute Gasteiger partial charge is 0.477 e. The Balaban J connectivity index is 2.76. The molecule has 1 aromatic rings. The number of carbonyl (C=O) groups is 2. The third kappa shape index (κ3) is 3.21. The predicted octanol–water partition coefficient (Wildman–Crippen LogP) is 2.02. The van der Waals surface area contributed by atoms with Gasteiger partial charge in [-0.15, -0.1) is 11.3 Å². The van der Waals surface area contributed by atoms with Gasteiger partial charge < -0.3 is 9.84 Å². The van der Waals surface area contributed by atoms with Gasteiger partial charge in [0.25, 0.3) is 0 Å². The van der Waals surface area contributed by atoms with Gasteiger partial charge in [-0.25, -0.2) is 9.59 Å². The minimum absolute atomic E-state index is 0.218. The maximum Gasteiger partial charge on any atom is 0.346 e. The van der Waals surface area contributed by atoms with Gasteiger partial charge in [0.05, 0.1) is 6.61 Å². The Kier molecular flexibility index (Phi) is 4.05. The molecule has 0 bridgehead atoms. The van der Waals surface area contributed by atoms with Crippen LogP contribution in [0.2, 0.25) is 0 Å². The van der Waals surface area contributed by atoms with E-state index in [1.807, 2.05) is 0 Å². The maximum absolute atomic E-state index is 11.0. The van der Waals surface area contributed by atoms with Crippen LogP contribution in [0.5, 0.6) is 0 Å². The van der Waals surface area contributed by atoms with E-state index in [2.05, 4.69) is 4.74 Å². The van der Waals surface area contributed by atoms with Gasteiger partial charge in [-0.1, -0.05) is 0 Å². The summed E-state index contributed by atoms with van der Waals surface area (Å²) >= 11 is 1.12. The number of rotatable bonds is 4. The molecular weight excluding hydrogens is 216 g/mol. The van der Waals surface area contributed by atoms with Crippen LogP contribution >= 0.6 is 11.3 Å². The van der Waals surface area contributed by atoms with Crippen LogP contribution < -0.4 is 0 Å². The van der Waals surface area contributed by atoms with Crippen molar-refractivity contribution in [1.29, 1.82) is 0 Å². The quantitative estimate of drug-likeness (QED) is 0.630. The molecule has 0 aliphatic heterocycles. The molecule has 5 heteroatoms. The smallest absolute Gasteiger partial charge is 0.346 e. The van der Waals surface area contributed by atoms with Crippen LogP contribution in [0.25, 0.3) is 6.08 Å². The summed E-state index contributed by atoms with van der Waals surface area (Å²) in [7, 11) is 0. The van der Waals surface area contributed by atoms with E-state index >= 15 is 0 Å². The van der Waals surface area contributed by atoms with Crippen LogP contribution in [0.3, 0.4) is 0 Å². The lowest BCUT2D eigenvalue weighted by Gasteiger charge is -1.94. The molecule has 0 saturated heterocycles. The topological polar surface area (TPSA) is 63.6 Å². The Labute approximate surface area is 90.8 Å². The Bertz CT molecular complexity index is 392.